The topological polar surface area (TPSA) is 97.1 Å². The summed E-state index contributed by atoms with van der Waals surface area (Å²) in [5.74, 6) is 0.246. The molecule has 0 heterocycles. The summed E-state index contributed by atoms with van der Waals surface area (Å²) in [6.07, 6.45) is 3.01. The van der Waals surface area contributed by atoms with Crippen LogP contribution in [0.15, 0.2) is 42.5 Å². The van der Waals surface area contributed by atoms with E-state index in [1.807, 2.05) is 12.1 Å². The first kappa shape index (κ1) is 21.0. The lowest BCUT2D eigenvalue weighted by molar-refractivity contribution is -0.135. The van der Waals surface area contributed by atoms with Gasteiger partial charge in [-0.25, -0.2) is 4.79 Å². The zero-order valence-corrected chi connectivity index (χ0v) is 16.2. The maximum absolute atomic E-state index is 12.8. The lowest BCUT2D eigenvalue weighted by Crippen LogP contribution is -2.31. The molecule has 0 radical (unpaired) electrons. The molecule has 2 N–H and O–H groups in total. The molecule has 0 fully saturated rings. The Labute approximate surface area is 163 Å². The standard InChI is InChI=1S/C21H23NO6/c1-13(22)21(24)28-19-12-16(26-3)11-18(27-4)20(19)17(23)10-7-14-5-8-15(25-2)9-6-14/h5-13H,22H2,1-4H3/t13-/m0/s1. The summed E-state index contributed by atoms with van der Waals surface area (Å²) in [5.41, 5.74) is 6.46. The largest absolute Gasteiger partial charge is 0.497 e. The maximum atomic E-state index is 12.8. The van der Waals surface area contributed by atoms with E-state index in [1.54, 1.807) is 25.3 Å². The van der Waals surface area contributed by atoms with E-state index in [0.717, 1.165) is 5.56 Å². The highest BCUT2D eigenvalue weighted by Crippen LogP contribution is 2.35. The Morgan fingerprint density at radius 1 is 0.929 bits per heavy atom. The van der Waals surface area contributed by atoms with Gasteiger partial charge in [-0.1, -0.05) is 18.2 Å². The number of ether oxygens (including phenoxy) is 4. The average molecular weight is 385 g/mol. The number of carbonyl (C=O) groups excluding carboxylic acids is 2. The fourth-order valence-electron chi connectivity index (χ4n) is 2.34. The number of methoxy groups -OCH3 is 3. The minimum Gasteiger partial charge on any atom is -0.497 e. The van der Waals surface area contributed by atoms with Crippen molar-refractivity contribution in [3.05, 3.63) is 53.6 Å². The minimum atomic E-state index is -0.852. The second-order valence-electron chi connectivity index (χ2n) is 5.88. The SMILES string of the molecule is COc1ccc(C=CC(=O)c2c(OC)cc(OC)cc2OC(=O)[C@H](C)N)cc1. The van der Waals surface area contributed by atoms with E-state index in [4.69, 9.17) is 24.7 Å². The van der Waals surface area contributed by atoms with Crippen LogP contribution < -0.4 is 24.7 Å². The van der Waals surface area contributed by atoms with E-state index in [2.05, 4.69) is 0 Å². The van der Waals surface area contributed by atoms with Crippen molar-refractivity contribution in [1.82, 2.24) is 0 Å². The van der Waals surface area contributed by atoms with E-state index >= 15 is 0 Å². The number of esters is 1. The number of ketones is 1. The molecule has 7 heteroatoms. The smallest absolute Gasteiger partial charge is 0.328 e. The van der Waals surface area contributed by atoms with E-state index in [9.17, 15) is 9.59 Å². The first-order valence-electron chi connectivity index (χ1n) is 8.49. The third kappa shape index (κ3) is 5.11. The molecule has 2 aromatic rings. The first-order valence-corrected chi connectivity index (χ1v) is 8.49. The monoisotopic (exact) mass is 385 g/mol. The lowest BCUT2D eigenvalue weighted by Gasteiger charge is -2.15. The van der Waals surface area contributed by atoms with Gasteiger partial charge in [-0.2, -0.15) is 0 Å². The maximum Gasteiger partial charge on any atom is 0.328 e. The summed E-state index contributed by atoms with van der Waals surface area (Å²) < 4.78 is 20.9. The molecule has 0 aliphatic heterocycles. The molecule has 0 saturated heterocycles. The van der Waals surface area contributed by atoms with Gasteiger partial charge in [0.1, 0.15) is 34.6 Å². The van der Waals surface area contributed by atoms with Crippen LogP contribution in [0.2, 0.25) is 0 Å². The van der Waals surface area contributed by atoms with E-state index in [-0.39, 0.29) is 17.1 Å². The fraction of sp³-hybridized carbons (Fsp3) is 0.238. The van der Waals surface area contributed by atoms with Crippen molar-refractivity contribution >= 4 is 17.8 Å². The summed E-state index contributed by atoms with van der Waals surface area (Å²) in [6.45, 7) is 1.49. The molecular weight excluding hydrogens is 362 g/mol. The molecule has 0 saturated carbocycles. The van der Waals surface area contributed by atoms with Crippen LogP contribution in [0.4, 0.5) is 0 Å². The molecular formula is C21H23NO6. The van der Waals surface area contributed by atoms with Gasteiger partial charge in [0.25, 0.3) is 0 Å². The highest BCUT2D eigenvalue weighted by molar-refractivity contribution is 6.11. The van der Waals surface area contributed by atoms with Crippen molar-refractivity contribution < 1.29 is 28.5 Å². The number of nitrogens with two attached hydrogens (primary N) is 1. The van der Waals surface area contributed by atoms with Crippen LogP contribution in [0.1, 0.15) is 22.8 Å². The Balaban J connectivity index is 2.40. The highest BCUT2D eigenvalue weighted by Gasteiger charge is 2.22. The van der Waals surface area contributed by atoms with Gasteiger partial charge in [-0.15, -0.1) is 0 Å². The quantitative estimate of drug-likeness (QED) is 0.323. The number of rotatable bonds is 8. The molecule has 1 atom stereocenters. The Kier molecular flexibility index (Phi) is 7.17. The van der Waals surface area contributed by atoms with Gasteiger partial charge in [0.05, 0.1) is 21.3 Å². The first-order chi connectivity index (χ1) is 13.4. The number of hydrogen-bond donors (Lipinski definition) is 1. The average Bonchev–Trinajstić information content (AvgIpc) is 2.71. The van der Waals surface area contributed by atoms with Crippen LogP contribution in [0.3, 0.4) is 0 Å². The van der Waals surface area contributed by atoms with Gasteiger partial charge in [-0.05, 0) is 30.7 Å². The molecule has 0 aromatic heterocycles. The summed E-state index contributed by atoms with van der Waals surface area (Å²) in [6, 6.07) is 9.32. The Bertz CT molecular complexity index is 871. The van der Waals surface area contributed by atoms with E-state index in [0.29, 0.717) is 11.5 Å². The van der Waals surface area contributed by atoms with E-state index in [1.165, 1.54) is 39.4 Å². The Morgan fingerprint density at radius 2 is 1.54 bits per heavy atom. The van der Waals surface area contributed by atoms with Crippen LogP contribution in [0.25, 0.3) is 6.08 Å². The molecule has 0 bridgehead atoms. The third-order valence-electron chi connectivity index (χ3n) is 3.87. The van der Waals surface area contributed by atoms with E-state index < -0.39 is 17.8 Å². The Hall–Kier alpha value is -3.32. The second kappa shape index (κ2) is 9.57. The van der Waals surface area contributed by atoms with Crippen molar-refractivity contribution in [2.75, 3.05) is 21.3 Å². The zero-order chi connectivity index (χ0) is 20.7. The molecule has 0 spiro atoms. The normalized spacial score (nSPS) is 11.8. The molecule has 0 aliphatic rings. The number of carbonyl (C=O) groups is 2. The van der Waals surface area contributed by atoms with Crippen molar-refractivity contribution in [3.63, 3.8) is 0 Å². The van der Waals surface area contributed by atoms with Crippen molar-refractivity contribution in [3.8, 4) is 23.0 Å². The van der Waals surface area contributed by atoms with Gasteiger partial charge < -0.3 is 24.7 Å². The minimum absolute atomic E-state index is 0.0166. The fourth-order valence-corrected chi connectivity index (χ4v) is 2.34. The molecule has 0 aliphatic carbocycles. The zero-order valence-electron chi connectivity index (χ0n) is 16.2. The van der Waals surface area contributed by atoms with Gasteiger partial charge in [0.2, 0.25) is 0 Å². The van der Waals surface area contributed by atoms with Crippen LogP contribution in [-0.2, 0) is 4.79 Å². The summed E-state index contributed by atoms with van der Waals surface area (Å²) in [7, 11) is 4.45. The van der Waals surface area contributed by atoms with Gasteiger partial charge >= 0.3 is 5.97 Å². The lowest BCUT2D eigenvalue weighted by atomic mass is 10.1. The van der Waals surface area contributed by atoms with Crippen LogP contribution in [-0.4, -0.2) is 39.1 Å². The van der Waals surface area contributed by atoms with Crippen LogP contribution in [0.5, 0.6) is 23.0 Å². The second-order valence-corrected chi connectivity index (χ2v) is 5.88. The summed E-state index contributed by atoms with van der Waals surface area (Å²) >= 11 is 0. The predicted molar refractivity (Wildman–Crippen MR) is 105 cm³/mol. The summed E-state index contributed by atoms with van der Waals surface area (Å²) in [5, 5.41) is 0. The molecule has 0 amide bonds. The van der Waals surface area contributed by atoms with Crippen LogP contribution >= 0.6 is 0 Å². The van der Waals surface area contributed by atoms with Gasteiger partial charge in [0.15, 0.2) is 5.78 Å². The van der Waals surface area contributed by atoms with Crippen molar-refractivity contribution in [2.24, 2.45) is 5.73 Å². The van der Waals surface area contributed by atoms with Gasteiger partial charge in [0, 0.05) is 12.1 Å². The number of hydrogen-bond acceptors (Lipinski definition) is 7. The summed E-state index contributed by atoms with van der Waals surface area (Å²) in [4.78, 5) is 24.8. The molecule has 7 nitrogen and oxygen atoms in total. The van der Waals surface area contributed by atoms with Crippen molar-refractivity contribution in [1.29, 1.82) is 0 Å². The molecule has 0 unspecified atom stereocenters. The predicted octanol–water partition coefficient (Wildman–Crippen LogP) is 2.86. The van der Waals surface area contributed by atoms with Gasteiger partial charge in [-0.3, -0.25) is 4.79 Å². The number of benzene rings is 2. The van der Waals surface area contributed by atoms with Crippen LogP contribution in [0, 0.1) is 0 Å². The molecule has 2 rings (SSSR count). The molecule has 148 valence electrons. The molecule has 2 aromatic carbocycles. The number of allylic oxidation sites excluding steroid dienone is 1. The third-order valence-corrected chi connectivity index (χ3v) is 3.87. The van der Waals surface area contributed by atoms with Crippen molar-refractivity contribution in [2.45, 2.75) is 13.0 Å². The highest BCUT2D eigenvalue weighted by atomic mass is 16.5. The molecule has 28 heavy (non-hydrogen) atoms. The Morgan fingerprint density at radius 3 is 2.07 bits per heavy atom.